The number of piperidine rings is 1. The van der Waals surface area contributed by atoms with Crippen LogP contribution in [-0.2, 0) is 4.79 Å². The Morgan fingerprint density at radius 3 is 2.68 bits per heavy atom. The van der Waals surface area contributed by atoms with Crippen molar-refractivity contribution in [1.82, 2.24) is 10.2 Å². The quantitative estimate of drug-likeness (QED) is 0.795. The van der Waals surface area contributed by atoms with Gasteiger partial charge in [0.15, 0.2) is 0 Å². The van der Waals surface area contributed by atoms with Crippen LogP contribution in [0.4, 0.5) is 0 Å². The topological polar surface area (TPSA) is 52.6 Å². The molecule has 2 rings (SSSR count). The molecule has 2 fully saturated rings. The first kappa shape index (κ1) is 14.8. The average molecular weight is 268 g/mol. The van der Waals surface area contributed by atoms with Gasteiger partial charge in [0.25, 0.3) is 0 Å². The molecule has 0 aromatic heterocycles. The zero-order chi connectivity index (χ0) is 13.7. The normalized spacial score (nSPS) is 29.6. The first-order valence-corrected chi connectivity index (χ1v) is 7.81. The molecule has 0 aromatic carbocycles. The molecule has 1 heterocycles. The number of aliphatic hydroxyl groups excluding tert-OH is 1. The van der Waals surface area contributed by atoms with E-state index in [2.05, 4.69) is 10.2 Å². The van der Waals surface area contributed by atoms with Crippen LogP contribution in [0.25, 0.3) is 0 Å². The second-order valence-electron chi connectivity index (χ2n) is 6.26. The molecule has 1 aliphatic heterocycles. The largest absolute Gasteiger partial charge is 0.396 e. The summed E-state index contributed by atoms with van der Waals surface area (Å²) in [6.07, 6.45) is 8.38. The van der Waals surface area contributed by atoms with Crippen molar-refractivity contribution in [1.29, 1.82) is 0 Å². The lowest BCUT2D eigenvalue weighted by molar-refractivity contribution is -0.120. The number of rotatable bonds is 5. The van der Waals surface area contributed by atoms with E-state index in [0.717, 1.165) is 38.4 Å². The Hall–Kier alpha value is -0.610. The molecular formula is C15H28N2O2. The van der Waals surface area contributed by atoms with Crippen molar-refractivity contribution < 1.29 is 9.90 Å². The van der Waals surface area contributed by atoms with Gasteiger partial charge in [-0.15, -0.1) is 0 Å². The fourth-order valence-electron chi connectivity index (χ4n) is 3.79. The molecule has 0 spiro atoms. The van der Waals surface area contributed by atoms with Crippen molar-refractivity contribution in [3.8, 4) is 0 Å². The van der Waals surface area contributed by atoms with Crippen molar-refractivity contribution in [3.63, 3.8) is 0 Å². The van der Waals surface area contributed by atoms with Crippen LogP contribution in [0.1, 0.15) is 51.9 Å². The van der Waals surface area contributed by atoms with Crippen LogP contribution in [0.3, 0.4) is 0 Å². The molecule has 0 bridgehead atoms. The first-order chi connectivity index (χ1) is 9.19. The van der Waals surface area contributed by atoms with Crippen LogP contribution in [0.2, 0.25) is 0 Å². The first-order valence-electron chi connectivity index (χ1n) is 7.81. The van der Waals surface area contributed by atoms with Gasteiger partial charge < -0.3 is 10.4 Å². The van der Waals surface area contributed by atoms with Crippen molar-refractivity contribution in [2.45, 2.75) is 64.0 Å². The van der Waals surface area contributed by atoms with Gasteiger partial charge in [-0.05, 0) is 38.0 Å². The molecule has 2 N–H and O–H groups in total. The Balaban J connectivity index is 1.92. The van der Waals surface area contributed by atoms with E-state index in [4.69, 9.17) is 5.11 Å². The van der Waals surface area contributed by atoms with Gasteiger partial charge in [0.2, 0.25) is 5.91 Å². The lowest BCUT2D eigenvalue weighted by Gasteiger charge is -2.41. The fraction of sp³-hybridized carbons (Fsp3) is 0.933. The van der Waals surface area contributed by atoms with E-state index in [0.29, 0.717) is 12.0 Å². The maximum atomic E-state index is 11.3. The molecule has 110 valence electrons. The molecule has 0 radical (unpaired) electrons. The van der Waals surface area contributed by atoms with Gasteiger partial charge >= 0.3 is 0 Å². The van der Waals surface area contributed by atoms with E-state index in [9.17, 15) is 4.79 Å². The monoisotopic (exact) mass is 268 g/mol. The fourth-order valence-corrected chi connectivity index (χ4v) is 3.79. The predicted octanol–water partition coefficient (Wildman–Crippen LogP) is 1.53. The van der Waals surface area contributed by atoms with Crippen molar-refractivity contribution in [3.05, 3.63) is 0 Å². The number of hydrogen-bond acceptors (Lipinski definition) is 3. The summed E-state index contributed by atoms with van der Waals surface area (Å²) < 4.78 is 0. The Morgan fingerprint density at radius 2 is 2.05 bits per heavy atom. The molecule has 1 saturated carbocycles. The van der Waals surface area contributed by atoms with Crippen LogP contribution < -0.4 is 5.32 Å². The molecule has 1 amide bonds. The Bertz CT molecular complexity index is 290. The summed E-state index contributed by atoms with van der Waals surface area (Å²) in [4.78, 5) is 13.9. The van der Waals surface area contributed by atoms with E-state index >= 15 is 0 Å². The lowest BCUT2D eigenvalue weighted by Crippen LogP contribution is -2.53. The molecule has 2 unspecified atom stereocenters. The Kier molecular flexibility index (Phi) is 5.64. The molecule has 0 aromatic rings. The van der Waals surface area contributed by atoms with E-state index in [1.54, 1.807) is 6.92 Å². The number of amides is 1. The lowest BCUT2D eigenvalue weighted by atomic mass is 9.89. The highest BCUT2D eigenvalue weighted by Crippen LogP contribution is 2.29. The van der Waals surface area contributed by atoms with Gasteiger partial charge in [-0.3, -0.25) is 9.69 Å². The third-order valence-corrected chi connectivity index (χ3v) is 4.58. The molecule has 4 nitrogen and oxygen atoms in total. The predicted molar refractivity (Wildman–Crippen MR) is 75.9 cm³/mol. The molecule has 1 aliphatic carbocycles. The third kappa shape index (κ3) is 4.46. The minimum atomic E-state index is 0.0826. The number of nitrogens with one attached hydrogen (secondary N) is 1. The third-order valence-electron chi connectivity index (χ3n) is 4.58. The summed E-state index contributed by atoms with van der Waals surface area (Å²) in [6, 6.07) is 1.03. The second kappa shape index (κ2) is 7.25. The number of nitrogens with zero attached hydrogens (tertiary/aromatic N) is 1. The van der Waals surface area contributed by atoms with Crippen LogP contribution in [0.15, 0.2) is 0 Å². The summed E-state index contributed by atoms with van der Waals surface area (Å²) in [5, 5.41) is 12.1. The Morgan fingerprint density at radius 1 is 1.32 bits per heavy atom. The van der Waals surface area contributed by atoms with Crippen LogP contribution in [0.5, 0.6) is 0 Å². The number of carbonyl (C=O) groups is 1. The van der Waals surface area contributed by atoms with Crippen LogP contribution in [-0.4, -0.2) is 47.7 Å². The number of hydrogen-bond donors (Lipinski definition) is 2. The minimum absolute atomic E-state index is 0.0826. The summed E-state index contributed by atoms with van der Waals surface area (Å²) in [6.45, 7) is 4.06. The smallest absolute Gasteiger partial charge is 0.217 e. The minimum Gasteiger partial charge on any atom is -0.396 e. The van der Waals surface area contributed by atoms with Gasteiger partial charge in [-0.1, -0.05) is 12.8 Å². The summed E-state index contributed by atoms with van der Waals surface area (Å²) in [5.74, 6) is 0.706. The number of likely N-dealkylation sites (tertiary alicyclic amines) is 1. The van der Waals surface area contributed by atoms with Gasteiger partial charge in [-0.2, -0.15) is 0 Å². The summed E-state index contributed by atoms with van der Waals surface area (Å²) >= 11 is 0. The summed E-state index contributed by atoms with van der Waals surface area (Å²) in [5.41, 5.74) is 0. The maximum Gasteiger partial charge on any atom is 0.217 e. The number of carbonyl (C=O) groups excluding carboxylic acids is 1. The van der Waals surface area contributed by atoms with Gasteiger partial charge in [0.1, 0.15) is 0 Å². The van der Waals surface area contributed by atoms with Crippen LogP contribution >= 0.6 is 0 Å². The highest BCUT2D eigenvalue weighted by atomic mass is 16.2. The van der Waals surface area contributed by atoms with E-state index in [1.165, 1.54) is 25.7 Å². The van der Waals surface area contributed by atoms with Crippen molar-refractivity contribution in [2.24, 2.45) is 5.92 Å². The molecular weight excluding hydrogens is 240 g/mol. The van der Waals surface area contributed by atoms with Gasteiger partial charge in [0.05, 0.1) is 0 Å². The molecule has 2 aliphatic rings. The molecule has 2 atom stereocenters. The zero-order valence-electron chi connectivity index (χ0n) is 12.1. The van der Waals surface area contributed by atoms with Crippen molar-refractivity contribution >= 4 is 5.91 Å². The molecule has 19 heavy (non-hydrogen) atoms. The van der Waals surface area contributed by atoms with Crippen LogP contribution in [0, 0.1) is 5.92 Å². The standard InChI is InChI=1S/C15H28N2O2/c1-12(19)16-14-9-13(5-4-8-18)10-17(11-14)15-6-2-3-7-15/h13-15,18H,2-11H2,1H3,(H,16,19). The molecule has 4 heteroatoms. The van der Waals surface area contributed by atoms with E-state index in [-0.39, 0.29) is 12.5 Å². The highest BCUT2D eigenvalue weighted by molar-refractivity contribution is 5.73. The summed E-state index contributed by atoms with van der Waals surface area (Å²) in [7, 11) is 0. The van der Waals surface area contributed by atoms with Gasteiger partial charge in [0, 0.05) is 38.7 Å². The van der Waals surface area contributed by atoms with E-state index in [1.807, 2.05) is 0 Å². The Labute approximate surface area is 116 Å². The highest BCUT2D eigenvalue weighted by Gasteiger charge is 2.32. The zero-order valence-corrected chi connectivity index (χ0v) is 12.1. The SMILES string of the molecule is CC(=O)NC1CC(CCCO)CN(C2CCCC2)C1. The van der Waals surface area contributed by atoms with Gasteiger partial charge in [-0.25, -0.2) is 0 Å². The maximum absolute atomic E-state index is 11.3. The second-order valence-corrected chi connectivity index (χ2v) is 6.26. The number of aliphatic hydroxyl groups is 1. The van der Waals surface area contributed by atoms with E-state index < -0.39 is 0 Å². The average Bonchev–Trinajstić information content (AvgIpc) is 2.89. The molecule has 1 saturated heterocycles. The van der Waals surface area contributed by atoms with Crippen molar-refractivity contribution in [2.75, 3.05) is 19.7 Å².